The fourth-order valence-electron chi connectivity index (χ4n) is 3.10. The summed E-state index contributed by atoms with van der Waals surface area (Å²) in [5, 5.41) is 10.9. The minimum atomic E-state index is -0.244. The molecule has 2 N–H and O–H groups in total. The largest absolute Gasteiger partial charge is 0.488 e. The van der Waals surface area contributed by atoms with Gasteiger partial charge in [-0.05, 0) is 44.9 Å². The molecule has 0 unspecified atom stereocenters. The van der Waals surface area contributed by atoms with Crippen LogP contribution in [0.4, 0.5) is 0 Å². The highest BCUT2D eigenvalue weighted by Gasteiger charge is 2.14. The number of aromatic nitrogens is 3. The van der Waals surface area contributed by atoms with E-state index in [9.17, 15) is 0 Å². The lowest BCUT2D eigenvalue weighted by Gasteiger charge is -2.23. The van der Waals surface area contributed by atoms with Crippen LogP contribution in [0.2, 0.25) is 0 Å². The molecule has 0 saturated heterocycles. The van der Waals surface area contributed by atoms with Crippen molar-refractivity contribution in [2.45, 2.75) is 52.9 Å². The number of hydrogen-bond donors (Lipinski definition) is 2. The molecule has 0 radical (unpaired) electrons. The normalized spacial score (nSPS) is 11.9. The van der Waals surface area contributed by atoms with Crippen molar-refractivity contribution >= 4 is 5.96 Å². The Morgan fingerprint density at radius 2 is 1.87 bits per heavy atom. The second-order valence-corrected chi connectivity index (χ2v) is 8.28. The number of benzene rings is 2. The molecule has 0 aliphatic carbocycles. The van der Waals surface area contributed by atoms with E-state index in [-0.39, 0.29) is 5.60 Å². The SMILES string of the molecule is CCNC(=NCc1cccc(Cn2cncn2)c1)NCc1ccccc1OC(C)(C)C. The summed E-state index contributed by atoms with van der Waals surface area (Å²) in [5.41, 5.74) is 3.17. The van der Waals surface area contributed by atoms with Crippen LogP contribution in [0.15, 0.2) is 66.2 Å². The van der Waals surface area contributed by atoms with Crippen LogP contribution in [0, 0.1) is 0 Å². The summed E-state index contributed by atoms with van der Waals surface area (Å²) in [4.78, 5) is 8.76. The number of para-hydroxylation sites is 1. The van der Waals surface area contributed by atoms with Crippen molar-refractivity contribution in [1.82, 2.24) is 25.4 Å². The van der Waals surface area contributed by atoms with Crippen LogP contribution >= 0.6 is 0 Å². The van der Waals surface area contributed by atoms with Gasteiger partial charge in [0.1, 0.15) is 24.0 Å². The van der Waals surface area contributed by atoms with E-state index in [1.807, 2.05) is 22.9 Å². The first-order valence-corrected chi connectivity index (χ1v) is 10.6. The predicted octanol–water partition coefficient (Wildman–Crippen LogP) is 3.76. The molecule has 0 fully saturated rings. The molecule has 0 spiro atoms. The Labute approximate surface area is 184 Å². The van der Waals surface area contributed by atoms with Crippen LogP contribution in [0.5, 0.6) is 5.75 Å². The molecule has 0 aliphatic heterocycles. The van der Waals surface area contributed by atoms with Gasteiger partial charge in [-0.1, -0.05) is 42.5 Å². The average molecular weight is 421 g/mol. The number of hydrogen-bond acceptors (Lipinski definition) is 4. The fraction of sp³-hybridized carbons (Fsp3) is 0.375. The van der Waals surface area contributed by atoms with Gasteiger partial charge in [0.05, 0.1) is 13.1 Å². The van der Waals surface area contributed by atoms with Crippen molar-refractivity contribution in [3.8, 4) is 5.75 Å². The number of guanidine groups is 1. The van der Waals surface area contributed by atoms with Gasteiger partial charge in [-0.3, -0.25) is 0 Å². The number of nitrogens with zero attached hydrogens (tertiary/aromatic N) is 4. The highest BCUT2D eigenvalue weighted by atomic mass is 16.5. The van der Waals surface area contributed by atoms with E-state index < -0.39 is 0 Å². The minimum absolute atomic E-state index is 0.244. The minimum Gasteiger partial charge on any atom is -0.488 e. The second kappa shape index (κ2) is 10.6. The van der Waals surface area contributed by atoms with Crippen LogP contribution in [-0.4, -0.2) is 32.9 Å². The Hall–Kier alpha value is -3.35. The van der Waals surface area contributed by atoms with Gasteiger partial charge in [-0.15, -0.1) is 0 Å². The van der Waals surface area contributed by atoms with Gasteiger partial charge in [0.2, 0.25) is 0 Å². The Kier molecular flexibility index (Phi) is 7.65. The third-order valence-electron chi connectivity index (χ3n) is 4.40. The van der Waals surface area contributed by atoms with Crippen molar-refractivity contribution in [3.05, 3.63) is 77.9 Å². The predicted molar refractivity (Wildman–Crippen MR) is 124 cm³/mol. The van der Waals surface area contributed by atoms with Crippen LogP contribution in [0.1, 0.15) is 44.4 Å². The molecular weight excluding hydrogens is 388 g/mol. The molecule has 3 rings (SSSR count). The van der Waals surface area contributed by atoms with Crippen molar-refractivity contribution in [3.63, 3.8) is 0 Å². The highest BCUT2D eigenvalue weighted by molar-refractivity contribution is 5.79. The number of rotatable bonds is 8. The fourth-order valence-corrected chi connectivity index (χ4v) is 3.10. The zero-order chi connectivity index (χ0) is 22.1. The topological polar surface area (TPSA) is 76.4 Å². The number of ether oxygens (including phenoxy) is 1. The van der Waals surface area contributed by atoms with E-state index in [1.165, 1.54) is 5.56 Å². The molecule has 2 aromatic carbocycles. The lowest BCUT2D eigenvalue weighted by atomic mass is 10.1. The van der Waals surface area contributed by atoms with Crippen LogP contribution in [0.25, 0.3) is 0 Å². The summed E-state index contributed by atoms with van der Waals surface area (Å²) >= 11 is 0. The van der Waals surface area contributed by atoms with Gasteiger partial charge in [0.15, 0.2) is 5.96 Å². The van der Waals surface area contributed by atoms with Crippen LogP contribution < -0.4 is 15.4 Å². The molecule has 0 bridgehead atoms. The summed E-state index contributed by atoms with van der Waals surface area (Å²) in [6.45, 7) is 10.9. The molecule has 7 nitrogen and oxygen atoms in total. The highest BCUT2D eigenvalue weighted by Crippen LogP contribution is 2.22. The van der Waals surface area contributed by atoms with Crippen molar-refractivity contribution in [1.29, 1.82) is 0 Å². The van der Waals surface area contributed by atoms with E-state index in [4.69, 9.17) is 9.73 Å². The van der Waals surface area contributed by atoms with Gasteiger partial charge < -0.3 is 15.4 Å². The van der Waals surface area contributed by atoms with E-state index in [2.05, 4.69) is 78.7 Å². The third kappa shape index (κ3) is 7.44. The van der Waals surface area contributed by atoms with Gasteiger partial charge in [-0.2, -0.15) is 5.10 Å². The van der Waals surface area contributed by atoms with Gasteiger partial charge in [-0.25, -0.2) is 14.7 Å². The maximum absolute atomic E-state index is 6.10. The lowest BCUT2D eigenvalue weighted by Crippen LogP contribution is -2.37. The summed E-state index contributed by atoms with van der Waals surface area (Å²) in [5.74, 6) is 1.66. The first kappa shape index (κ1) is 22.3. The second-order valence-electron chi connectivity index (χ2n) is 8.28. The molecule has 0 amide bonds. The molecular formula is C24H32N6O. The summed E-state index contributed by atoms with van der Waals surface area (Å²) in [7, 11) is 0. The molecule has 164 valence electrons. The van der Waals surface area contributed by atoms with Crippen molar-refractivity contribution < 1.29 is 4.74 Å². The number of aliphatic imine (C=N–C) groups is 1. The van der Waals surface area contributed by atoms with Gasteiger partial charge >= 0.3 is 0 Å². The lowest BCUT2D eigenvalue weighted by molar-refractivity contribution is 0.129. The molecule has 1 aromatic heterocycles. The monoisotopic (exact) mass is 420 g/mol. The van der Waals surface area contributed by atoms with Crippen LogP contribution in [0.3, 0.4) is 0 Å². The van der Waals surface area contributed by atoms with Gasteiger partial charge in [0, 0.05) is 18.7 Å². The third-order valence-corrected chi connectivity index (χ3v) is 4.40. The van der Waals surface area contributed by atoms with E-state index >= 15 is 0 Å². The Bertz CT molecular complexity index is 976. The summed E-state index contributed by atoms with van der Waals surface area (Å²) in [6.07, 6.45) is 3.27. The summed E-state index contributed by atoms with van der Waals surface area (Å²) in [6, 6.07) is 16.5. The first-order valence-electron chi connectivity index (χ1n) is 10.6. The van der Waals surface area contributed by atoms with Crippen molar-refractivity contribution in [2.75, 3.05) is 6.54 Å². The quantitative estimate of drug-likeness (QED) is 0.429. The first-order chi connectivity index (χ1) is 14.9. The zero-order valence-electron chi connectivity index (χ0n) is 18.8. The van der Waals surface area contributed by atoms with E-state index in [0.717, 1.165) is 29.4 Å². The molecule has 7 heteroatoms. The Balaban J connectivity index is 1.65. The maximum atomic E-state index is 6.10. The molecule has 0 aliphatic rings. The molecule has 31 heavy (non-hydrogen) atoms. The van der Waals surface area contributed by atoms with Crippen LogP contribution in [-0.2, 0) is 19.6 Å². The smallest absolute Gasteiger partial charge is 0.191 e. The molecule has 0 atom stereocenters. The molecule has 3 aromatic rings. The van der Waals surface area contributed by atoms with Crippen molar-refractivity contribution in [2.24, 2.45) is 4.99 Å². The zero-order valence-corrected chi connectivity index (χ0v) is 18.8. The van der Waals surface area contributed by atoms with E-state index in [1.54, 1.807) is 12.7 Å². The maximum Gasteiger partial charge on any atom is 0.191 e. The Morgan fingerprint density at radius 3 is 2.61 bits per heavy atom. The molecule has 0 saturated carbocycles. The Morgan fingerprint density at radius 1 is 1.06 bits per heavy atom. The average Bonchev–Trinajstić information content (AvgIpc) is 3.23. The van der Waals surface area contributed by atoms with E-state index in [0.29, 0.717) is 19.6 Å². The molecule has 1 heterocycles. The standard InChI is InChI=1S/C24H32N6O/c1-5-26-23(28-15-21-11-6-7-12-22(21)31-24(2,3)4)27-14-19-9-8-10-20(13-19)16-30-18-25-17-29-30/h6-13,17-18H,5,14-16H2,1-4H3,(H2,26,27,28). The number of nitrogens with one attached hydrogen (secondary N) is 2. The summed E-state index contributed by atoms with van der Waals surface area (Å²) < 4.78 is 7.91. The van der Waals surface area contributed by atoms with Gasteiger partial charge in [0.25, 0.3) is 0 Å².